The number of carbonyl (C=O) groups is 2. The van der Waals surface area contributed by atoms with Crippen LogP contribution in [0, 0.1) is 12.8 Å². The zero-order chi connectivity index (χ0) is 13.8. The second-order valence-corrected chi connectivity index (χ2v) is 4.59. The lowest BCUT2D eigenvalue weighted by atomic mass is 9.98. The molecule has 1 aliphatic heterocycles. The van der Waals surface area contributed by atoms with Crippen LogP contribution in [0.25, 0.3) is 0 Å². The van der Waals surface area contributed by atoms with Crippen molar-refractivity contribution < 1.29 is 18.7 Å². The van der Waals surface area contributed by atoms with Crippen LogP contribution in [0.5, 0.6) is 0 Å². The molecule has 0 aromatic carbocycles. The first-order valence-electron chi connectivity index (χ1n) is 6.50. The van der Waals surface area contributed by atoms with Crippen LogP contribution < -0.4 is 0 Å². The Morgan fingerprint density at radius 3 is 3.00 bits per heavy atom. The Bertz CT molecular complexity index is 469. The highest BCUT2D eigenvalue weighted by Crippen LogP contribution is 2.19. The van der Waals surface area contributed by atoms with Crippen molar-refractivity contribution in [3.05, 3.63) is 17.8 Å². The molecule has 1 aliphatic rings. The molecule has 1 saturated heterocycles. The molecule has 0 unspecified atom stereocenters. The van der Waals surface area contributed by atoms with Crippen LogP contribution in [0.3, 0.4) is 0 Å². The van der Waals surface area contributed by atoms with E-state index in [9.17, 15) is 9.59 Å². The van der Waals surface area contributed by atoms with E-state index in [0.717, 1.165) is 12.8 Å². The summed E-state index contributed by atoms with van der Waals surface area (Å²) in [5.41, 5.74) is 0.294. The van der Waals surface area contributed by atoms with Crippen LogP contribution in [0.15, 0.2) is 10.7 Å². The molecule has 2 rings (SSSR count). The molecule has 19 heavy (non-hydrogen) atoms. The highest BCUT2D eigenvalue weighted by atomic mass is 16.5. The lowest BCUT2D eigenvalue weighted by Crippen LogP contribution is -2.42. The van der Waals surface area contributed by atoms with E-state index in [1.165, 1.54) is 6.26 Å². The zero-order valence-corrected chi connectivity index (χ0v) is 11.2. The summed E-state index contributed by atoms with van der Waals surface area (Å²) in [5.74, 6) is -0.185. The number of hydrogen-bond acceptors (Lipinski definition) is 5. The fourth-order valence-electron chi connectivity index (χ4n) is 2.24. The maximum absolute atomic E-state index is 12.2. The van der Waals surface area contributed by atoms with Gasteiger partial charge in [-0.15, -0.1) is 0 Å². The first-order chi connectivity index (χ1) is 9.11. The van der Waals surface area contributed by atoms with E-state index in [4.69, 9.17) is 9.15 Å². The summed E-state index contributed by atoms with van der Waals surface area (Å²) in [6.45, 7) is 4.87. The fourth-order valence-corrected chi connectivity index (χ4v) is 2.24. The van der Waals surface area contributed by atoms with E-state index in [1.54, 1.807) is 18.7 Å². The lowest BCUT2D eigenvalue weighted by Gasteiger charge is -2.30. The quantitative estimate of drug-likeness (QED) is 0.773. The van der Waals surface area contributed by atoms with E-state index in [0.29, 0.717) is 31.3 Å². The third-order valence-electron chi connectivity index (χ3n) is 3.17. The van der Waals surface area contributed by atoms with Crippen molar-refractivity contribution in [3.63, 3.8) is 0 Å². The second-order valence-electron chi connectivity index (χ2n) is 4.59. The minimum Gasteiger partial charge on any atom is -0.466 e. The number of oxazole rings is 1. The summed E-state index contributed by atoms with van der Waals surface area (Å²) < 4.78 is 10.0. The van der Waals surface area contributed by atoms with Crippen molar-refractivity contribution in [1.29, 1.82) is 0 Å². The average molecular weight is 266 g/mol. The molecule has 1 atom stereocenters. The molecule has 0 aliphatic carbocycles. The van der Waals surface area contributed by atoms with Gasteiger partial charge >= 0.3 is 5.97 Å². The van der Waals surface area contributed by atoms with Crippen molar-refractivity contribution in [2.24, 2.45) is 5.92 Å². The standard InChI is InChI=1S/C13H18N2O4/c1-3-18-13(17)10-5-4-6-15(7-10)12(16)11-8-19-9(2)14-11/h8,10H,3-7H2,1-2H3/t10-/m0/s1. The molecule has 0 radical (unpaired) electrons. The number of hydrogen-bond donors (Lipinski definition) is 0. The number of ether oxygens (including phenoxy) is 1. The van der Waals surface area contributed by atoms with Gasteiger partial charge in [0.15, 0.2) is 11.6 Å². The Balaban J connectivity index is 2.01. The number of nitrogens with zero attached hydrogens (tertiary/aromatic N) is 2. The minimum absolute atomic E-state index is 0.189. The van der Waals surface area contributed by atoms with E-state index >= 15 is 0 Å². The van der Waals surface area contributed by atoms with E-state index in [-0.39, 0.29) is 17.8 Å². The topological polar surface area (TPSA) is 72.6 Å². The monoisotopic (exact) mass is 266 g/mol. The van der Waals surface area contributed by atoms with Gasteiger partial charge in [-0.25, -0.2) is 4.98 Å². The molecule has 104 valence electrons. The highest BCUT2D eigenvalue weighted by Gasteiger charge is 2.30. The Labute approximate surface area is 111 Å². The minimum atomic E-state index is -0.231. The summed E-state index contributed by atoms with van der Waals surface area (Å²) in [5, 5.41) is 0. The van der Waals surface area contributed by atoms with Crippen LogP contribution in [-0.2, 0) is 9.53 Å². The molecule has 0 spiro atoms. The van der Waals surface area contributed by atoms with Gasteiger partial charge in [-0.05, 0) is 19.8 Å². The van der Waals surface area contributed by atoms with Crippen LogP contribution in [0.4, 0.5) is 0 Å². The summed E-state index contributed by atoms with van der Waals surface area (Å²) in [6.07, 6.45) is 2.91. The second kappa shape index (κ2) is 5.86. The smallest absolute Gasteiger partial charge is 0.310 e. The Hall–Kier alpha value is -1.85. The fraction of sp³-hybridized carbons (Fsp3) is 0.615. The van der Waals surface area contributed by atoms with Gasteiger partial charge in [-0.2, -0.15) is 0 Å². The van der Waals surface area contributed by atoms with Gasteiger partial charge in [0, 0.05) is 20.0 Å². The lowest BCUT2D eigenvalue weighted by molar-refractivity contribution is -0.149. The van der Waals surface area contributed by atoms with Crippen LogP contribution in [-0.4, -0.2) is 41.5 Å². The Morgan fingerprint density at radius 1 is 1.58 bits per heavy atom. The Morgan fingerprint density at radius 2 is 2.37 bits per heavy atom. The number of aryl methyl sites for hydroxylation is 1. The highest BCUT2D eigenvalue weighted by molar-refractivity contribution is 5.92. The van der Waals surface area contributed by atoms with Gasteiger partial charge in [0.1, 0.15) is 6.26 Å². The van der Waals surface area contributed by atoms with Crippen molar-refractivity contribution in [3.8, 4) is 0 Å². The van der Waals surface area contributed by atoms with Crippen LogP contribution in [0.1, 0.15) is 36.1 Å². The number of carbonyl (C=O) groups excluding carboxylic acids is 2. The van der Waals surface area contributed by atoms with E-state index < -0.39 is 0 Å². The first-order valence-corrected chi connectivity index (χ1v) is 6.50. The third kappa shape index (κ3) is 3.13. The molecule has 1 amide bonds. The number of rotatable bonds is 3. The molecule has 0 bridgehead atoms. The first kappa shape index (κ1) is 13.6. The largest absolute Gasteiger partial charge is 0.466 e. The molecular weight excluding hydrogens is 248 g/mol. The Kier molecular flexibility index (Phi) is 4.19. The van der Waals surface area contributed by atoms with Crippen molar-refractivity contribution >= 4 is 11.9 Å². The van der Waals surface area contributed by atoms with Crippen molar-refractivity contribution in [2.45, 2.75) is 26.7 Å². The average Bonchev–Trinajstić information content (AvgIpc) is 2.85. The van der Waals surface area contributed by atoms with E-state index in [2.05, 4.69) is 4.98 Å². The molecule has 6 nitrogen and oxygen atoms in total. The molecular formula is C13H18N2O4. The number of likely N-dealkylation sites (tertiary alicyclic amines) is 1. The summed E-state index contributed by atoms with van der Waals surface area (Å²) in [6, 6.07) is 0. The summed E-state index contributed by atoms with van der Waals surface area (Å²) in [4.78, 5) is 29.6. The van der Waals surface area contributed by atoms with Crippen LogP contribution in [0.2, 0.25) is 0 Å². The maximum Gasteiger partial charge on any atom is 0.310 e. The maximum atomic E-state index is 12.2. The SMILES string of the molecule is CCOC(=O)[C@H]1CCCN(C(=O)c2coc(C)n2)C1. The molecule has 1 aromatic heterocycles. The van der Waals surface area contributed by atoms with Gasteiger partial charge in [0.25, 0.3) is 5.91 Å². The van der Waals surface area contributed by atoms with Gasteiger partial charge < -0.3 is 14.1 Å². The third-order valence-corrected chi connectivity index (χ3v) is 3.17. The molecule has 1 aromatic rings. The number of amides is 1. The van der Waals surface area contributed by atoms with Crippen molar-refractivity contribution in [1.82, 2.24) is 9.88 Å². The molecule has 6 heteroatoms. The summed E-state index contributed by atoms with van der Waals surface area (Å²) in [7, 11) is 0. The summed E-state index contributed by atoms with van der Waals surface area (Å²) >= 11 is 0. The molecule has 0 saturated carbocycles. The predicted molar refractivity (Wildman–Crippen MR) is 66.5 cm³/mol. The van der Waals surface area contributed by atoms with Gasteiger partial charge in [-0.3, -0.25) is 9.59 Å². The molecule has 0 N–H and O–H groups in total. The number of esters is 1. The van der Waals surface area contributed by atoms with Gasteiger partial charge in [0.05, 0.1) is 12.5 Å². The molecule has 1 fully saturated rings. The van der Waals surface area contributed by atoms with Crippen molar-refractivity contribution in [2.75, 3.05) is 19.7 Å². The van der Waals surface area contributed by atoms with Gasteiger partial charge in [0.2, 0.25) is 0 Å². The predicted octanol–water partition coefficient (Wildman–Crippen LogP) is 1.40. The van der Waals surface area contributed by atoms with Crippen LogP contribution >= 0.6 is 0 Å². The number of aromatic nitrogens is 1. The normalized spacial score (nSPS) is 19.3. The molecule has 2 heterocycles. The van der Waals surface area contributed by atoms with Gasteiger partial charge in [-0.1, -0.05) is 0 Å². The van der Waals surface area contributed by atoms with E-state index in [1.807, 2.05) is 0 Å². The number of piperidine rings is 1. The zero-order valence-electron chi connectivity index (χ0n) is 11.2.